The van der Waals surface area contributed by atoms with Crippen LogP contribution in [-0.4, -0.2) is 6.61 Å². The largest absolute Gasteiger partial charge is 0.494 e. The molecule has 0 radical (unpaired) electrons. The second kappa shape index (κ2) is 10.6. The Kier molecular flexibility index (Phi) is 7.67. The lowest BCUT2D eigenvalue weighted by atomic mass is 10.0. The highest BCUT2D eigenvalue weighted by Gasteiger charge is 2.08. The molecule has 0 spiro atoms. The fourth-order valence-corrected chi connectivity index (χ4v) is 3.26. The lowest BCUT2D eigenvalue weighted by Crippen LogP contribution is -1.92. The van der Waals surface area contributed by atoms with Crippen LogP contribution < -0.4 is 9.47 Å². The predicted molar refractivity (Wildman–Crippen MR) is 122 cm³/mol. The van der Waals surface area contributed by atoms with E-state index in [4.69, 9.17) is 9.47 Å². The molecule has 0 aromatic heterocycles. The Morgan fingerprint density at radius 1 is 0.933 bits per heavy atom. The van der Waals surface area contributed by atoms with Gasteiger partial charge in [-0.1, -0.05) is 56.3 Å². The average molecular weight is 405 g/mol. The lowest BCUT2D eigenvalue weighted by molar-refractivity contribution is 0.340. The minimum absolute atomic E-state index is 0.0582. The number of ether oxygens (including phenoxy) is 2. The van der Waals surface area contributed by atoms with Gasteiger partial charge >= 0.3 is 0 Å². The van der Waals surface area contributed by atoms with E-state index in [2.05, 4.69) is 0 Å². The molecule has 0 bridgehead atoms. The van der Waals surface area contributed by atoms with E-state index >= 15 is 0 Å². The quantitative estimate of drug-likeness (QED) is 0.360. The van der Waals surface area contributed by atoms with E-state index in [1.165, 1.54) is 0 Å². The third-order valence-electron chi connectivity index (χ3n) is 4.65. The standard InChI is InChI=1S/C27H29FO2/c1-4-29-24-16-13-22(14-17-24)26-10-5-6-11-27(26)30-25-9-7-8-21(19-25)12-15-23(28)18-20(2)3/h5-11,13-17,19-20H,4,12,18H2,1-3H3/b23-15-. The van der Waals surface area contributed by atoms with E-state index in [1.807, 2.05) is 93.6 Å². The summed E-state index contributed by atoms with van der Waals surface area (Å²) < 4.78 is 25.7. The molecule has 30 heavy (non-hydrogen) atoms. The predicted octanol–water partition coefficient (Wildman–Crippen LogP) is 7.99. The van der Waals surface area contributed by atoms with Gasteiger partial charge in [-0.3, -0.25) is 0 Å². The Labute approximate surface area is 179 Å². The highest BCUT2D eigenvalue weighted by Crippen LogP contribution is 2.34. The third-order valence-corrected chi connectivity index (χ3v) is 4.65. The number of para-hydroxylation sites is 1. The maximum absolute atomic E-state index is 13.9. The van der Waals surface area contributed by atoms with Gasteiger partial charge in [-0.2, -0.15) is 0 Å². The number of benzene rings is 3. The Morgan fingerprint density at radius 2 is 1.70 bits per heavy atom. The molecule has 0 amide bonds. The molecule has 3 aromatic carbocycles. The van der Waals surface area contributed by atoms with Crippen molar-refractivity contribution >= 4 is 0 Å². The molecule has 0 heterocycles. The molecule has 0 aliphatic carbocycles. The second-order valence-corrected chi connectivity index (χ2v) is 7.66. The van der Waals surface area contributed by atoms with Crippen molar-refractivity contribution in [1.82, 2.24) is 0 Å². The number of hydrogen-bond donors (Lipinski definition) is 0. The Balaban J connectivity index is 1.77. The van der Waals surface area contributed by atoms with E-state index < -0.39 is 0 Å². The van der Waals surface area contributed by atoms with E-state index in [1.54, 1.807) is 6.08 Å². The van der Waals surface area contributed by atoms with E-state index in [0.29, 0.717) is 25.4 Å². The topological polar surface area (TPSA) is 18.5 Å². The van der Waals surface area contributed by atoms with E-state index in [0.717, 1.165) is 33.9 Å². The zero-order valence-electron chi connectivity index (χ0n) is 17.9. The van der Waals surface area contributed by atoms with Crippen molar-refractivity contribution in [3.05, 3.63) is 90.3 Å². The molecular formula is C27H29FO2. The molecule has 3 rings (SSSR count). The van der Waals surface area contributed by atoms with Crippen LogP contribution in [0.15, 0.2) is 84.7 Å². The third kappa shape index (κ3) is 6.21. The van der Waals surface area contributed by atoms with Crippen LogP contribution >= 0.6 is 0 Å². The van der Waals surface area contributed by atoms with Gasteiger partial charge in [-0.15, -0.1) is 0 Å². The minimum atomic E-state index is -0.0582. The molecular weight excluding hydrogens is 375 g/mol. The molecule has 0 aliphatic heterocycles. The van der Waals surface area contributed by atoms with Gasteiger partial charge in [0, 0.05) is 12.0 Å². The molecule has 0 saturated heterocycles. The fraction of sp³-hybridized carbons (Fsp3) is 0.259. The monoisotopic (exact) mass is 404 g/mol. The van der Waals surface area contributed by atoms with Gasteiger partial charge in [0.1, 0.15) is 17.2 Å². The van der Waals surface area contributed by atoms with Crippen LogP contribution in [-0.2, 0) is 6.42 Å². The zero-order chi connectivity index (χ0) is 21.3. The molecule has 0 saturated carbocycles. The van der Waals surface area contributed by atoms with Crippen LogP contribution in [0.3, 0.4) is 0 Å². The van der Waals surface area contributed by atoms with Crippen molar-refractivity contribution < 1.29 is 13.9 Å². The molecule has 0 unspecified atom stereocenters. The maximum atomic E-state index is 13.9. The Bertz CT molecular complexity index is 974. The summed E-state index contributed by atoms with van der Waals surface area (Å²) in [7, 11) is 0. The summed E-state index contributed by atoms with van der Waals surface area (Å²) in [5.41, 5.74) is 3.09. The highest BCUT2D eigenvalue weighted by atomic mass is 19.1. The van der Waals surface area contributed by atoms with Crippen molar-refractivity contribution in [2.24, 2.45) is 5.92 Å². The zero-order valence-corrected chi connectivity index (χ0v) is 17.9. The van der Waals surface area contributed by atoms with Gasteiger partial charge < -0.3 is 9.47 Å². The van der Waals surface area contributed by atoms with E-state index in [-0.39, 0.29) is 5.83 Å². The van der Waals surface area contributed by atoms with Crippen LogP contribution in [0.2, 0.25) is 0 Å². The molecule has 0 N–H and O–H groups in total. The van der Waals surface area contributed by atoms with Crippen molar-refractivity contribution in [1.29, 1.82) is 0 Å². The molecule has 3 heteroatoms. The van der Waals surface area contributed by atoms with Crippen LogP contribution in [0.25, 0.3) is 11.1 Å². The van der Waals surface area contributed by atoms with Crippen molar-refractivity contribution in [3.63, 3.8) is 0 Å². The summed E-state index contributed by atoms with van der Waals surface area (Å²) in [5, 5.41) is 0. The second-order valence-electron chi connectivity index (χ2n) is 7.66. The Morgan fingerprint density at radius 3 is 2.43 bits per heavy atom. The Hall–Kier alpha value is -3.07. The smallest absolute Gasteiger partial charge is 0.135 e. The lowest BCUT2D eigenvalue weighted by Gasteiger charge is -2.13. The normalized spacial score (nSPS) is 11.6. The summed E-state index contributed by atoms with van der Waals surface area (Å²) in [4.78, 5) is 0. The molecule has 3 aromatic rings. The summed E-state index contributed by atoms with van der Waals surface area (Å²) in [6.45, 7) is 6.65. The summed E-state index contributed by atoms with van der Waals surface area (Å²) in [6, 6.07) is 23.8. The first-order valence-electron chi connectivity index (χ1n) is 10.5. The van der Waals surface area contributed by atoms with Crippen LogP contribution in [0.4, 0.5) is 4.39 Å². The molecule has 0 fully saturated rings. The van der Waals surface area contributed by atoms with E-state index in [9.17, 15) is 4.39 Å². The minimum Gasteiger partial charge on any atom is -0.494 e. The first kappa shape index (κ1) is 21.6. The van der Waals surface area contributed by atoms with Crippen LogP contribution in [0, 0.1) is 5.92 Å². The van der Waals surface area contributed by atoms with Gasteiger partial charge in [-0.25, -0.2) is 4.39 Å². The maximum Gasteiger partial charge on any atom is 0.135 e. The number of hydrogen-bond acceptors (Lipinski definition) is 2. The van der Waals surface area contributed by atoms with Gasteiger partial charge in [0.25, 0.3) is 0 Å². The average Bonchev–Trinajstić information content (AvgIpc) is 2.73. The van der Waals surface area contributed by atoms with Gasteiger partial charge in [0.15, 0.2) is 0 Å². The fourth-order valence-electron chi connectivity index (χ4n) is 3.26. The summed E-state index contributed by atoms with van der Waals surface area (Å²) in [5.74, 6) is 2.63. The van der Waals surface area contributed by atoms with Crippen LogP contribution in [0.1, 0.15) is 32.8 Å². The van der Waals surface area contributed by atoms with Crippen LogP contribution in [0.5, 0.6) is 17.2 Å². The number of allylic oxidation sites excluding steroid dienone is 2. The highest BCUT2D eigenvalue weighted by molar-refractivity contribution is 5.71. The SMILES string of the molecule is CCOc1ccc(-c2ccccc2Oc2cccc(C/C=C(\F)CC(C)C)c2)cc1. The number of rotatable bonds is 9. The first-order valence-corrected chi connectivity index (χ1v) is 10.5. The summed E-state index contributed by atoms with van der Waals surface area (Å²) >= 11 is 0. The van der Waals surface area contributed by atoms with Gasteiger partial charge in [0.2, 0.25) is 0 Å². The molecule has 156 valence electrons. The molecule has 2 nitrogen and oxygen atoms in total. The van der Waals surface area contributed by atoms with Crippen molar-refractivity contribution in [2.45, 2.75) is 33.6 Å². The van der Waals surface area contributed by atoms with Gasteiger partial charge in [-0.05, 0) is 66.8 Å². The van der Waals surface area contributed by atoms with Gasteiger partial charge in [0.05, 0.1) is 12.4 Å². The summed E-state index contributed by atoms with van der Waals surface area (Å²) in [6.07, 6.45) is 2.69. The first-order chi connectivity index (χ1) is 14.5. The molecule has 0 aliphatic rings. The number of halogens is 1. The van der Waals surface area contributed by atoms with Crippen molar-refractivity contribution in [3.8, 4) is 28.4 Å². The van der Waals surface area contributed by atoms with Crippen molar-refractivity contribution in [2.75, 3.05) is 6.61 Å². The molecule has 0 atom stereocenters.